The van der Waals surface area contributed by atoms with Crippen molar-refractivity contribution in [3.8, 4) is 0 Å². The lowest BCUT2D eigenvalue weighted by atomic mass is 10.2. The molecule has 0 aromatic carbocycles. The van der Waals surface area contributed by atoms with E-state index >= 15 is 0 Å². The first-order valence-electron chi connectivity index (χ1n) is 6.12. The molecule has 0 radical (unpaired) electrons. The van der Waals surface area contributed by atoms with Crippen LogP contribution < -0.4 is 5.32 Å². The number of rotatable bonds is 7. The van der Waals surface area contributed by atoms with Crippen LogP contribution in [0.25, 0.3) is 0 Å². The largest absolute Gasteiger partial charge is 0.464 e. The maximum Gasteiger partial charge on any atom is 0.329 e. The van der Waals surface area contributed by atoms with E-state index in [0.29, 0.717) is 13.0 Å². The van der Waals surface area contributed by atoms with E-state index in [1.54, 1.807) is 6.33 Å². The van der Waals surface area contributed by atoms with Crippen molar-refractivity contribution in [3.05, 3.63) is 18.2 Å². The van der Waals surface area contributed by atoms with Crippen molar-refractivity contribution in [2.75, 3.05) is 13.2 Å². The van der Waals surface area contributed by atoms with Gasteiger partial charge in [-0.2, -0.15) is 0 Å². The molecular formula is C12H21N3O2. The van der Waals surface area contributed by atoms with Gasteiger partial charge in [0, 0.05) is 12.7 Å². The zero-order valence-corrected chi connectivity index (χ0v) is 10.8. The quantitative estimate of drug-likeness (QED) is 0.733. The highest BCUT2D eigenvalue weighted by Gasteiger charge is 2.19. The summed E-state index contributed by atoms with van der Waals surface area (Å²) >= 11 is 0. The molecule has 5 nitrogen and oxygen atoms in total. The predicted octanol–water partition coefficient (Wildman–Crippen LogP) is 1.51. The van der Waals surface area contributed by atoms with Crippen molar-refractivity contribution in [3.63, 3.8) is 0 Å². The van der Waals surface area contributed by atoms with Crippen LogP contribution in [0.2, 0.25) is 0 Å². The van der Waals surface area contributed by atoms with Gasteiger partial charge in [0.1, 0.15) is 6.04 Å². The van der Waals surface area contributed by atoms with Gasteiger partial charge in [-0.05, 0) is 19.9 Å². The highest BCUT2D eigenvalue weighted by molar-refractivity contribution is 5.74. The molecule has 0 fully saturated rings. The fourth-order valence-corrected chi connectivity index (χ4v) is 1.63. The van der Waals surface area contributed by atoms with Crippen molar-refractivity contribution in [1.29, 1.82) is 0 Å². The molecule has 1 unspecified atom stereocenters. The normalized spacial score (nSPS) is 12.4. The lowest BCUT2D eigenvalue weighted by molar-refractivity contribution is -0.147. The average Bonchev–Trinajstić information content (AvgIpc) is 2.76. The van der Waals surface area contributed by atoms with Gasteiger partial charge in [0.25, 0.3) is 0 Å². The first kappa shape index (κ1) is 13.7. The van der Waals surface area contributed by atoms with Gasteiger partial charge < -0.3 is 14.6 Å². The van der Waals surface area contributed by atoms with Crippen LogP contribution >= 0.6 is 0 Å². The number of carbonyl (C=O) groups excluding carboxylic acids is 1. The van der Waals surface area contributed by atoms with E-state index in [2.05, 4.69) is 10.3 Å². The summed E-state index contributed by atoms with van der Waals surface area (Å²) in [6.45, 7) is 7.87. The Labute approximate surface area is 102 Å². The number of ether oxygens (including phenoxy) is 1. The summed E-state index contributed by atoms with van der Waals surface area (Å²) in [5.41, 5.74) is 0.939. The van der Waals surface area contributed by atoms with Crippen molar-refractivity contribution in [2.45, 2.75) is 39.8 Å². The average molecular weight is 239 g/mol. The van der Waals surface area contributed by atoms with E-state index in [9.17, 15) is 4.79 Å². The summed E-state index contributed by atoms with van der Waals surface area (Å²) < 4.78 is 6.86. The van der Waals surface area contributed by atoms with Gasteiger partial charge in [0.2, 0.25) is 0 Å². The van der Waals surface area contributed by atoms with Crippen molar-refractivity contribution in [2.24, 2.45) is 0 Å². The number of carbonyl (C=O) groups is 1. The maximum absolute atomic E-state index is 11.7. The van der Waals surface area contributed by atoms with E-state index in [4.69, 9.17) is 4.74 Å². The van der Waals surface area contributed by atoms with Crippen LogP contribution in [0.5, 0.6) is 0 Å². The lowest BCUT2D eigenvalue weighted by Gasteiger charge is -2.14. The second kappa shape index (κ2) is 7.06. The monoisotopic (exact) mass is 239 g/mol. The highest BCUT2D eigenvalue weighted by atomic mass is 16.5. The van der Waals surface area contributed by atoms with E-state index in [0.717, 1.165) is 18.8 Å². The van der Waals surface area contributed by atoms with Crippen LogP contribution in [0.15, 0.2) is 12.5 Å². The van der Waals surface area contributed by atoms with Gasteiger partial charge in [-0.3, -0.25) is 0 Å². The maximum atomic E-state index is 11.7. The van der Waals surface area contributed by atoms with Crippen LogP contribution in [-0.4, -0.2) is 28.7 Å². The first-order chi connectivity index (χ1) is 8.22. The number of imidazole rings is 1. The van der Waals surface area contributed by atoms with Crippen molar-refractivity contribution < 1.29 is 9.53 Å². The van der Waals surface area contributed by atoms with Gasteiger partial charge in [-0.1, -0.05) is 13.8 Å². The molecule has 5 heteroatoms. The zero-order chi connectivity index (χ0) is 12.7. The Morgan fingerprint density at radius 2 is 2.29 bits per heavy atom. The molecule has 1 rings (SSSR count). The fourth-order valence-electron chi connectivity index (χ4n) is 1.63. The third kappa shape index (κ3) is 3.85. The summed E-state index contributed by atoms with van der Waals surface area (Å²) in [4.78, 5) is 16.0. The first-order valence-corrected chi connectivity index (χ1v) is 6.12. The van der Waals surface area contributed by atoms with Gasteiger partial charge in [0.05, 0.1) is 18.6 Å². The molecule has 0 bridgehead atoms. The molecule has 1 aromatic heterocycles. The molecule has 0 amide bonds. The van der Waals surface area contributed by atoms with E-state index in [-0.39, 0.29) is 12.0 Å². The molecule has 0 saturated heterocycles. The number of nitrogens with one attached hydrogen (secondary N) is 1. The lowest BCUT2D eigenvalue weighted by Crippen LogP contribution is -2.20. The molecule has 1 atom stereocenters. The van der Waals surface area contributed by atoms with Crippen LogP contribution in [0.4, 0.5) is 0 Å². The van der Waals surface area contributed by atoms with E-state index in [1.807, 2.05) is 31.5 Å². The Morgan fingerprint density at radius 3 is 2.88 bits per heavy atom. The van der Waals surface area contributed by atoms with Crippen LogP contribution in [0.1, 0.15) is 38.9 Å². The Hall–Kier alpha value is -1.36. The van der Waals surface area contributed by atoms with Gasteiger partial charge >= 0.3 is 5.97 Å². The minimum absolute atomic E-state index is 0.192. The zero-order valence-electron chi connectivity index (χ0n) is 10.8. The van der Waals surface area contributed by atoms with Gasteiger partial charge in [-0.25, -0.2) is 9.78 Å². The minimum Gasteiger partial charge on any atom is -0.464 e. The topological polar surface area (TPSA) is 56.2 Å². The second-order valence-corrected chi connectivity index (χ2v) is 3.77. The fraction of sp³-hybridized carbons (Fsp3) is 0.667. The number of nitrogens with zero attached hydrogens (tertiary/aromatic N) is 2. The summed E-state index contributed by atoms with van der Waals surface area (Å²) in [6.07, 6.45) is 4.29. The summed E-state index contributed by atoms with van der Waals surface area (Å²) in [5, 5.41) is 3.20. The smallest absolute Gasteiger partial charge is 0.329 e. The van der Waals surface area contributed by atoms with Crippen LogP contribution in [-0.2, 0) is 16.1 Å². The molecule has 17 heavy (non-hydrogen) atoms. The number of hydrogen-bond acceptors (Lipinski definition) is 4. The van der Waals surface area contributed by atoms with Gasteiger partial charge in [-0.15, -0.1) is 0 Å². The Balaban J connectivity index is 2.68. The highest BCUT2D eigenvalue weighted by Crippen LogP contribution is 2.14. The second-order valence-electron chi connectivity index (χ2n) is 3.77. The SMILES string of the molecule is CCNCc1cn(C(CC)C(=O)OCC)cn1. The Kier molecular flexibility index (Phi) is 5.69. The number of aromatic nitrogens is 2. The van der Waals surface area contributed by atoms with E-state index < -0.39 is 0 Å². The molecule has 1 N–H and O–H groups in total. The third-order valence-corrected chi connectivity index (χ3v) is 2.52. The Bertz CT molecular complexity index is 349. The number of esters is 1. The molecule has 96 valence electrons. The molecular weight excluding hydrogens is 218 g/mol. The molecule has 0 aliphatic rings. The van der Waals surface area contributed by atoms with Crippen LogP contribution in [0, 0.1) is 0 Å². The molecule has 0 aliphatic heterocycles. The molecule has 1 aromatic rings. The molecule has 1 heterocycles. The van der Waals surface area contributed by atoms with Gasteiger partial charge in [0.15, 0.2) is 0 Å². The van der Waals surface area contributed by atoms with E-state index in [1.165, 1.54) is 0 Å². The summed E-state index contributed by atoms with van der Waals surface area (Å²) in [6, 6.07) is -0.266. The van der Waals surface area contributed by atoms with Crippen LogP contribution in [0.3, 0.4) is 0 Å². The van der Waals surface area contributed by atoms with Crippen molar-refractivity contribution in [1.82, 2.24) is 14.9 Å². The molecule has 0 spiro atoms. The predicted molar refractivity (Wildman–Crippen MR) is 65.6 cm³/mol. The third-order valence-electron chi connectivity index (χ3n) is 2.52. The Morgan fingerprint density at radius 1 is 1.53 bits per heavy atom. The number of hydrogen-bond donors (Lipinski definition) is 1. The molecule has 0 aliphatic carbocycles. The summed E-state index contributed by atoms with van der Waals surface area (Å²) in [7, 11) is 0. The summed E-state index contributed by atoms with van der Waals surface area (Å²) in [5.74, 6) is -0.192. The molecule has 0 saturated carbocycles. The van der Waals surface area contributed by atoms with Crippen molar-refractivity contribution >= 4 is 5.97 Å². The minimum atomic E-state index is -0.266. The standard InChI is InChI=1S/C12H21N3O2/c1-4-11(12(16)17-6-3)15-8-10(14-9-15)7-13-5-2/h8-9,11,13H,4-7H2,1-3H3.